The van der Waals surface area contributed by atoms with Crippen LogP contribution in [0.3, 0.4) is 0 Å². The average Bonchev–Trinajstić information content (AvgIpc) is 2.66. The van der Waals surface area contributed by atoms with Gasteiger partial charge in [-0.05, 0) is 35.4 Å². The topological polar surface area (TPSA) is 66.4 Å². The number of rotatable bonds is 3. The molecule has 2 aromatic carbocycles. The lowest BCUT2D eigenvalue weighted by Crippen LogP contribution is -2.38. The Bertz CT molecular complexity index is 1040. The molecule has 2 aromatic rings. The Balaban J connectivity index is 1.81. The van der Waals surface area contributed by atoms with E-state index < -0.39 is 11.9 Å². The quantitative estimate of drug-likeness (QED) is 0.774. The molecule has 2 aliphatic rings. The van der Waals surface area contributed by atoms with Gasteiger partial charge < -0.3 is 10.4 Å². The van der Waals surface area contributed by atoms with E-state index in [1.807, 2.05) is 54.6 Å². The van der Waals surface area contributed by atoms with E-state index in [4.69, 9.17) is 0 Å². The Labute approximate surface area is 171 Å². The van der Waals surface area contributed by atoms with Crippen LogP contribution in [-0.4, -0.2) is 16.9 Å². The monoisotopic (exact) mass is 387 g/mol. The minimum atomic E-state index is -0.990. The minimum absolute atomic E-state index is 0.0344. The van der Waals surface area contributed by atoms with E-state index in [2.05, 4.69) is 19.2 Å². The highest BCUT2D eigenvalue weighted by atomic mass is 16.4. The third-order valence-electron chi connectivity index (χ3n) is 5.82. The smallest absolute Gasteiger partial charge is 0.334 e. The predicted octanol–water partition coefficient (Wildman–Crippen LogP) is 5.04. The van der Waals surface area contributed by atoms with Gasteiger partial charge >= 0.3 is 5.97 Å². The van der Waals surface area contributed by atoms with Crippen molar-refractivity contribution in [3.63, 3.8) is 0 Å². The Morgan fingerprint density at radius 2 is 1.62 bits per heavy atom. The first-order valence-electron chi connectivity index (χ1n) is 9.89. The summed E-state index contributed by atoms with van der Waals surface area (Å²) in [5, 5.41) is 13.2. The lowest BCUT2D eigenvalue weighted by molar-refractivity contribution is -0.133. The van der Waals surface area contributed by atoms with Gasteiger partial charge in [0.2, 0.25) is 0 Å². The first-order valence-corrected chi connectivity index (χ1v) is 9.89. The number of carboxylic acids is 1. The summed E-state index contributed by atoms with van der Waals surface area (Å²) < 4.78 is 0. The molecule has 0 spiro atoms. The second-order valence-electron chi connectivity index (χ2n) is 8.72. The van der Waals surface area contributed by atoms with Crippen molar-refractivity contribution in [3.8, 4) is 11.1 Å². The van der Waals surface area contributed by atoms with Crippen LogP contribution in [0.25, 0.3) is 11.1 Å². The summed E-state index contributed by atoms with van der Waals surface area (Å²) in [6.45, 7) is 5.93. The average molecular weight is 387 g/mol. The zero-order chi connectivity index (χ0) is 20.8. The zero-order valence-corrected chi connectivity index (χ0v) is 17.0. The van der Waals surface area contributed by atoms with Crippen molar-refractivity contribution in [2.24, 2.45) is 5.41 Å². The molecule has 1 heterocycles. The van der Waals surface area contributed by atoms with Crippen molar-refractivity contribution in [3.05, 3.63) is 82.7 Å². The van der Waals surface area contributed by atoms with Crippen molar-refractivity contribution < 1.29 is 14.7 Å². The third-order valence-corrected chi connectivity index (χ3v) is 5.82. The van der Waals surface area contributed by atoms with Gasteiger partial charge in [0.1, 0.15) is 0 Å². The molecule has 148 valence electrons. The maximum absolute atomic E-state index is 13.1. The maximum Gasteiger partial charge on any atom is 0.334 e. The van der Waals surface area contributed by atoms with Crippen LogP contribution in [0, 0.1) is 5.41 Å². The van der Waals surface area contributed by atoms with Crippen LogP contribution in [0.2, 0.25) is 0 Å². The third kappa shape index (κ3) is 3.51. The van der Waals surface area contributed by atoms with Crippen molar-refractivity contribution in [2.45, 2.75) is 39.5 Å². The number of carbonyl (C=O) groups is 2. The van der Waals surface area contributed by atoms with E-state index in [1.165, 1.54) is 0 Å². The Hall–Kier alpha value is -3.14. The number of carboxylic acid groups (broad SMARTS) is 1. The fraction of sp³-hybridized carbons (Fsp3) is 0.280. The summed E-state index contributed by atoms with van der Waals surface area (Å²) in [7, 11) is 0. The van der Waals surface area contributed by atoms with E-state index >= 15 is 0 Å². The summed E-state index contributed by atoms with van der Waals surface area (Å²) in [6, 6.07) is 17.9. The second-order valence-corrected chi connectivity index (χ2v) is 8.72. The highest BCUT2D eigenvalue weighted by Gasteiger charge is 2.42. The van der Waals surface area contributed by atoms with Crippen LogP contribution in [0.5, 0.6) is 0 Å². The number of carbonyl (C=O) groups excluding carboxylic acids is 1. The van der Waals surface area contributed by atoms with Crippen molar-refractivity contribution >= 4 is 11.8 Å². The molecule has 0 saturated carbocycles. The number of hydrogen-bond donors (Lipinski definition) is 2. The lowest BCUT2D eigenvalue weighted by Gasteiger charge is -2.39. The molecule has 0 unspecified atom stereocenters. The number of ketones is 1. The molecule has 1 atom stereocenters. The number of aliphatic carboxylic acids is 1. The molecular weight excluding hydrogens is 362 g/mol. The summed E-state index contributed by atoms with van der Waals surface area (Å²) in [6.07, 6.45) is 1.16. The van der Waals surface area contributed by atoms with Gasteiger partial charge in [-0.25, -0.2) is 4.79 Å². The normalized spacial score (nSPS) is 20.9. The van der Waals surface area contributed by atoms with Gasteiger partial charge in [-0.3, -0.25) is 4.79 Å². The molecule has 0 amide bonds. The van der Waals surface area contributed by atoms with Crippen LogP contribution in [-0.2, 0) is 9.59 Å². The van der Waals surface area contributed by atoms with E-state index in [0.717, 1.165) is 28.8 Å². The number of allylic oxidation sites excluding steroid dienone is 3. The van der Waals surface area contributed by atoms with Gasteiger partial charge in [0.25, 0.3) is 0 Å². The first kappa shape index (κ1) is 19.2. The molecule has 0 radical (unpaired) electrons. The number of dihydropyridines is 1. The highest BCUT2D eigenvalue weighted by Crippen LogP contribution is 2.46. The molecule has 2 N–H and O–H groups in total. The van der Waals surface area contributed by atoms with E-state index in [9.17, 15) is 14.7 Å². The fourth-order valence-corrected chi connectivity index (χ4v) is 4.55. The number of nitrogens with one attached hydrogen (secondary N) is 1. The fourth-order valence-electron chi connectivity index (χ4n) is 4.55. The summed E-state index contributed by atoms with van der Waals surface area (Å²) in [5.41, 5.74) is 5.21. The lowest BCUT2D eigenvalue weighted by atomic mass is 9.68. The molecular formula is C25H25NO3. The molecule has 4 rings (SSSR count). The van der Waals surface area contributed by atoms with Crippen LogP contribution in [0.1, 0.15) is 45.1 Å². The number of benzene rings is 2. The van der Waals surface area contributed by atoms with Crippen molar-refractivity contribution in [1.82, 2.24) is 5.32 Å². The molecule has 4 heteroatoms. The van der Waals surface area contributed by atoms with Gasteiger partial charge in [0.15, 0.2) is 5.78 Å². The first-order chi connectivity index (χ1) is 13.8. The SMILES string of the molecule is CC1=C(C(=O)O)[C@@H](c2ccc(-c3ccccc3)cc2)C2=C(CC(C)(C)CC2=O)N1. The maximum atomic E-state index is 13.1. The predicted molar refractivity (Wildman–Crippen MR) is 113 cm³/mol. The zero-order valence-electron chi connectivity index (χ0n) is 17.0. The van der Waals surface area contributed by atoms with Crippen LogP contribution < -0.4 is 5.32 Å². The molecule has 1 aliphatic carbocycles. The number of Topliss-reactive ketones (excluding diaryl/α,β-unsaturated/α-hetero) is 1. The van der Waals surface area contributed by atoms with E-state index in [0.29, 0.717) is 17.7 Å². The summed E-state index contributed by atoms with van der Waals surface area (Å²) in [5.74, 6) is -1.50. The Morgan fingerprint density at radius 3 is 2.24 bits per heavy atom. The Morgan fingerprint density at radius 1 is 1.00 bits per heavy atom. The summed E-state index contributed by atoms with van der Waals surface area (Å²) in [4.78, 5) is 25.2. The minimum Gasteiger partial charge on any atom is -0.478 e. The highest BCUT2D eigenvalue weighted by molar-refractivity contribution is 6.03. The number of hydrogen-bond acceptors (Lipinski definition) is 3. The molecule has 0 aromatic heterocycles. The molecule has 1 aliphatic heterocycles. The largest absolute Gasteiger partial charge is 0.478 e. The van der Waals surface area contributed by atoms with Gasteiger partial charge in [0, 0.05) is 29.3 Å². The summed E-state index contributed by atoms with van der Waals surface area (Å²) >= 11 is 0. The molecule has 0 fully saturated rings. The van der Waals surface area contributed by atoms with E-state index in [-0.39, 0.29) is 16.8 Å². The van der Waals surface area contributed by atoms with Gasteiger partial charge in [0.05, 0.1) is 5.57 Å². The van der Waals surface area contributed by atoms with Gasteiger partial charge in [-0.2, -0.15) is 0 Å². The van der Waals surface area contributed by atoms with Crippen LogP contribution in [0.4, 0.5) is 0 Å². The molecule has 0 saturated heterocycles. The van der Waals surface area contributed by atoms with E-state index in [1.54, 1.807) is 6.92 Å². The van der Waals surface area contributed by atoms with Gasteiger partial charge in [-0.1, -0.05) is 68.4 Å². The van der Waals surface area contributed by atoms with Crippen LogP contribution in [0.15, 0.2) is 77.1 Å². The molecule has 29 heavy (non-hydrogen) atoms. The molecule has 4 nitrogen and oxygen atoms in total. The Kier molecular flexibility index (Phi) is 4.65. The van der Waals surface area contributed by atoms with Crippen molar-refractivity contribution in [1.29, 1.82) is 0 Å². The van der Waals surface area contributed by atoms with Crippen molar-refractivity contribution in [2.75, 3.05) is 0 Å². The standard InChI is InChI=1S/C25H25NO3/c1-15-21(24(28)29)22(23-19(26-15)13-25(2,3)14-20(23)27)18-11-9-17(10-12-18)16-7-5-4-6-8-16/h4-12,22,26H,13-14H2,1-3H3,(H,28,29)/t22-/m1/s1. The molecule has 0 bridgehead atoms. The van der Waals surface area contributed by atoms with Gasteiger partial charge in [-0.15, -0.1) is 0 Å². The van der Waals surface area contributed by atoms with Crippen LogP contribution >= 0.6 is 0 Å². The second kappa shape index (κ2) is 7.03.